The summed E-state index contributed by atoms with van der Waals surface area (Å²) < 4.78 is 17.8. The SMILES string of the molecule is CC[C@H]1C[C@@H]2CN(CCc3c([nH]c4ccccc34)[C@@](C(=O)OC)(c3cc4c(cc3OC)NC3=C(C(=O)OC)C[C@]5(CC)C=CCN6CC[C@@]34[C@@H]65)C2)C1. The van der Waals surface area contributed by atoms with Crippen LogP contribution in [0.1, 0.15) is 74.8 Å². The van der Waals surface area contributed by atoms with Crippen LogP contribution in [-0.4, -0.2) is 86.8 Å². The second-order valence-corrected chi connectivity index (χ2v) is 16.4. The zero-order chi connectivity index (χ0) is 36.0. The zero-order valence-corrected chi connectivity index (χ0v) is 31.3. The summed E-state index contributed by atoms with van der Waals surface area (Å²) in [6, 6.07) is 13.0. The molecular formula is C43H52N4O5. The fourth-order valence-corrected chi connectivity index (χ4v) is 12.0. The molecule has 3 aromatic rings. The van der Waals surface area contributed by atoms with Gasteiger partial charge in [0.25, 0.3) is 0 Å². The number of para-hydroxylation sites is 1. The normalized spacial score (nSPS) is 33.2. The van der Waals surface area contributed by atoms with E-state index >= 15 is 4.79 Å². The highest BCUT2D eigenvalue weighted by molar-refractivity contribution is 5.96. The van der Waals surface area contributed by atoms with Crippen LogP contribution < -0.4 is 10.1 Å². The number of aromatic nitrogens is 1. The van der Waals surface area contributed by atoms with Crippen LogP contribution in [-0.2, 0) is 36.3 Å². The molecule has 2 bridgehead atoms. The number of H-pyrrole nitrogens is 1. The average Bonchev–Trinajstić information content (AvgIpc) is 3.87. The largest absolute Gasteiger partial charge is 0.496 e. The molecule has 2 aromatic carbocycles. The highest BCUT2D eigenvalue weighted by Gasteiger charge is 2.66. The minimum Gasteiger partial charge on any atom is -0.496 e. The summed E-state index contributed by atoms with van der Waals surface area (Å²) in [5.41, 5.74) is 5.88. The lowest BCUT2D eigenvalue weighted by Crippen LogP contribution is -2.58. The van der Waals surface area contributed by atoms with Crippen LogP contribution in [0.15, 0.2) is 59.8 Å². The fourth-order valence-electron chi connectivity index (χ4n) is 12.0. The Labute approximate surface area is 306 Å². The molecule has 2 N–H and O–H groups in total. The lowest BCUT2D eigenvalue weighted by molar-refractivity contribution is -0.147. The quantitative estimate of drug-likeness (QED) is 0.223. The smallest absolute Gasteiger partial charge is 0.335 e. The number of nitrogens with zero attached hydrogens (tertiary/aromatic N) is 2. The molecule has 6 aliphatic rings. The topological polar surface area (TPSA) is 96.1 Å². The fraction of sp³-hybridized carbons (Fsp3) is 0.535. The number of nitrogens with one attached hydrogen (secondary N) is 2. The Morgan fingerprint density at radius 1 is 1.02 bits per heavy atom. The number of methoxy groups -OCH3 is 3. The van der Waals surface area contributed by atoms with Crippen molar-refractivity contribution in [2.24, 2.45) is 17.3 Å². The summed E-state index contributed by atoms with van der Waals surface area (Å²) >= 11 is 0. The van der Waals surface area contributed by atoms with Gasteiger partial charge in [-0.2, -0.15) is 0 Å². The molecule has 1 spiro atoms. The first kappa shape index (κ1) is 33.7. The third kappa shape index (κ3) is 4.47. The van der Waals surface area contributed by atoms with E-state index in [0.717, 1.165) is 110 Å². The zero-order valence-electron chi connectivity index (χ0n) is 31.3. The number of aromatic amines is 1. The number of carbonyl (C=O) groups excluding carboxylic acids is 2. The summed E-state index contributed by atoms with van der Waals surface area (Å²) in [5.74, 6) is 0.961. The van der Waals surface area contributed by atoms with Crippen molar-refractivity contribution in [3.63, 3.8) is 0 Å². The number of hydrogen-bond donors (Lipinski definition) is 2. The third-order valence-corrected chi connectivity index (χ3v) is 14.2. The maximum Gasteiger partial charge on any atom is 0.335 e. The van der Waals surface area contributed by atoms with Gasteiger partial charge in [0, 0.05) is 83.8 Å². The first-order valence-corrected chi connectivity index (χ1v) is 19.4. The Morgan fingerprint density at radius 2 is 1.87 bits per heavy atom. The predicted molar refractivity (Wildman–Crippen MR) is 202 cm³/mol. The predicted octanol–water partition coefficient (Wildman–Crippen LogP) is 6.46. The number of rotatable bonds is 6. The molecule has 2 saturated heterocycles. The van der Waals surface area contributed by atoms with E-state index in [1.807, 2.05) is 0 Å². The number of esters is 2. The molecule has 6 heterocycles. The van der Waals surface area contributed by atoms with E-state index in [-0.39, 0.29) is 29.3 Å². The lowest BCUT2D eigenvalue weighted by atomic mass is 9.55. The molecule has 274 valence electrons. The molecule has 1 unspecified atom stereocenters. The first-order chi connectivity index (χ1) is 25.3. The second-order valence-electron chi connectivity index (χ2n) is 16.4. The molecule has 0 radical (unpaired) electrons. The molecule has 52 heavy (non-hydrogen) atoms. The van der Waals surface area contributed by atoms with Crippen molar-refractivity contribution in [3.8, 4) is 5.75 Å². The van der Waals surface area contributed by atoms with E-state index < -0.39 is 10.8 Å². The maximum absolute atomic E-state index is 15.1. The second kappa shape index (κ2) is 12.2. The Balaban J connectivity index is 1.34. The molecular weight excluding hydrogens is 652 g/mol. The van der Waals surface area contributed by atoms with Crippen LogP contribution in [0.2, 0.25) is 0 Å². The molecule has 0 saturated carbocycles. The van der Waals surface area contributed by atoms with Gasteiger partial charge < -0.3 is 29.4 Å². The number of benzene rings is 2. The molecule has 0 amide bonds. The van der Waals surface area contributed by atoms with Gasteiger partial charge in [0.15, 0.2) is 0 Å². The average molecular weight is 705 g/mol. The third-order valence-electron chi connectivity index (χ3n) is 14.2. The van der Waals surface area contributed by atoms with Crippen LogP contribution in [0, 0.1) is 17.3 Å². The number of anilines is 1. The van der Waals surface area contributed by atoms with Crippen molar-refractivity contribution in [3.05, 3.63) is 82.2 Å². The van der Waals surface area contributed by atoms with E-state index in [0.29, 0.717) is 24.5 Å². The lowest BCUT2D eigenvalue weighted by Gasteiger charge is -2.53. The molecule has 9 nitrogen and oxygen atoms in total. The number of carbonyl (C=O) groups is 2. The van der Waals surface area contributed by atoms with Crippen molar-refractivity contribution in [1.82, 2.24) is 14.8 Å². The Hall–Kier alpha value is -4.08. The van der Waals surface area contributed by atoms with Gasteiger partial charge in [-0.25, -0.2) is 4.79 Å². The van der Waals surface area contributed by atoms with Gasteiger partial charge in [-0.05, 0) is 73.6 Å². The highest BCUT2D eigenvalue weighted by atomic mass is 16.5. The van der Waals surface area contributed by atoms with Crippen LogP contribution >= 0.6 is 0 Å². The Kier molecular flexibility index (Phi) is 7.94. The number of fused-ring (bicyclic) bond motifs is 6. The maximum atomic E-state index is 15.1. The monoisotopic (exact) mass is 704 g/mol. The molecule has 2 fully saturated rings. The van der Waals surface area contributed by atoms with E-state index in [1.165, 1.54) is 19.8 Å². The van der Waals surface area contributed by atoms with Gasteiger partial charge in [0.1, 0.15) is 11.2 Å². The van der Waals surface area contributed by atoms with E-state index in [2.05, 4.69) is 82.5 Å². The summed E-state index contributed by atoms with van der Waals surface area (Å²) in [7, 11) is 4.72. The Morgan fingerprint density at radius 3 is 2.63 bits per heavy atom. The van der Waals surface area contributed by atoms with Crippen molar-refractivity contribution in [2.75, 3.05) is 59.4 Å². The minimum atomic E-state index is -1.16. The van der Waals surface area contributed by atoms with Crippen molar-refractivity contribution >= 4 is 28.5 Å². The first-order valence-electron chi connectivity index (χ1n) is 19.4. The highest BCUT2D eigenvalue weighted by Crippen LogP contribution is 2.65. The van der Waals surface area contributed by atoms with Crippen molar-refractivity contribution in [1.29, 1.82) is 0 Å². The number of hydrogen-bond acceptors (Lipinski definition) is 8. The molecule has 9 rings (SSSR count). The van der Waals surface area contributed by atoms with Gasteiger partial charge in [-0.1, -0.05) is 50.6 Å². The Bertz CT molecular complexity index is 2030. The molecule has 5 aliphatic heterocycles. The van der Waals surface area contributed by atoms with Gasteiger partial charge in [-0.3, -0.25) is 9.69 Å². The molecule has 9 heteroatoms. The van der Waals surface area contributed by atoms with Gasteiger partial charge in [0.2, 0.25) is 0 Å². The number of piperidine rings is 1. The number of ether oxygens (including phenoxy) is 3. The van der Waals surface area contributed by atoms with E-state index in [4.69, 9.17) is 14.2 Å². The summed E-state index contributed by atoms with van der Waals surface area (Å²) in [6.45, 7) is 9.34. The molecule has 7 atom stereocenters. The standard InChI is InChI=1S/C43H52N4O5/c1-6-26-19-27-22-43(40(49)52-5,36-29(13-17-46(24-26)25-27)28-11-8-9-12-33(28)44-36)32-20-31-34(21-35(32)50-3)45-37-30(38(48)51-4)23-41(7-2)14-10-16-47-18-15-42(31,37)39(41)47/h8-12,14,20-21,26-27,39,44-45H,6-7,13,15-19,22-25H2,1-5H3/t26-,27-,39-,41-,42-,43-/m0/s1. The minimum absolute atomic E-state index is 0.156. The van der Waals surface area contributed by atoms with E-state index in [1.54, 1.807) is 7.11 Å². The van der Waals surface area contributed by atoms with Crippen LogP contribution in [0.5, 0.6) is 5.75 Å². The van der Waals surface area contributed by atoms with Crippen molar-refractivity contribution in [2.45, 2.75) is 75.7 Å². The van der Waals surface area contributed by atoms with Crippen LogP contribution in [0.25, 0.3) is 10.9 Å². The van der Waals surface area contributed by atoms with E-state index in [9.17, 15) is 4.79 Å². The van der Waals surface area contributed by atoms with Crippen LogP contribution in [0.3, 0.4) is 0 Å². The van der Waals surface area contributed by atoms with Crippen molar-refractivity contribution < 1.29 is 23.8 Å². The van der Waals surface area contributed by atoms with Gasteiger partial charge in [-0.15, -0.1) is 0 Å². The summed E-state index contributed by atoms with van der Waals surface area (Å²) in [6.07, 6.45) is 10.7. The molecule has 1 aliphatic carbocycles. The van der Waals surface area contributed by atoms with Gasteiger partial charge in [0.05, 0.1) is 32.3 Å². The summed E-state index contributed by atoms with van der Waals surface area (Å²) in [4.78, 5) is 37.9. The molecule has 1 aromatic heterocycles. The van der Waals surface area contributed by atoms with Gasteiger partial charge >= 0.3 is 11.9 Å². The van der Waals surface area contributed by atoms with Crippen LogP contribution in [0.4, 0.5) is 5.69 Å². The summed E-state index contributed by atoms with van der Waals surface area (Å²) in [5, 5.41) is 4.95.